The highest BCUT2D eigenvalue weighted by Crippen LogP contribution is 2.27. The quantitative estimate of drug-likeness (QED) is 0.882. The van der Waals surface area contributed by atoms with Gasteiger partial charge in [0.15, 0.2) is 0 Å². The molecule has 0 saturated carbocycles. The van der Waals surface area contributed by atoms with Crippen LogP contribution in [-0.2, 0) is 0 Å². The Kier molecular flexibility index (Phi) is 5.11. The summed E-state index contributed by atoms with van der Waals surface area (Å²) in [5.41, 5.74) is 1.85. The van der Waals surface area contributed by atoms with E-state index < -0.39 is 6.61 Å². The molecular weight excluding hydrogens is 276 g/mol. The number of nitrogens with one attached hydrogen (secondary N) is 1. The third-order valence-corrected chi connectivity index (χ3v) is 3.15. The second-order valence-electron chi connectivity index (χ2n) is 4.45. The molecule has 2 aromatic rings. The van der Waals surface area contributed by atoms with Gasteiger partial charge in [-0.05, 0) is 42.4 Å². The second kappa shape index (κ2) is 7.04. The fraction of sp³-hybridized carbons (Fsp3) is 0.250. The van der Waals surface area contributed by atoms with Crippen LogP contribution < -0.4 is 14.8 Å². The van der Waals surface area contributed by atoms with Gasteiger partial charge in [0.1, 0.15) is 11.5 Å². The molecule has 5 heteroatoms. The molecular formula is C16H17F2NO2. The van der Waals surface area contributed by atoms with Crippen molar-refractivity contribution in [2.24, 2.45) is 0 Å². The summed E-state index contributed by atoms with van der Waals surface area (Å²) in [7, 11) is 3.42. The largest absolute Gasteiger partial charge is 0.497 e. The summed E-state index contributed by atoms with van der Waals surface area (Å²) >= 11 is 0. The fourth-order valence-electron chi connectivity index (χ4n) is 2.19. The summed E-state index contributed by atoms with van der Waals surface area (Å²) < 4.78 is 34.1. The molecule has 0 aromatic heterocycles. The highest BCUT2D eigenvalue weighted by Gasteiger charge is 2.13. The van der Waals surface area contributed by atoms with Gasteiger partial charge in [-0.1, -0.05) is 24.3 Å². The van der Waals surface area contributed by atoms with Crippen molar-refractivity contribution in [1.29, 1.82) is 0 Å². The van der Waals surface area contributed by atoms with Crippen molar-refractivity contribution < 1.29 is 18.3 Å². The molecule has 0 spiro atoms. The SMILES string of the molecule is CNC(c1ccc(OC)cc1)c1cccc(OC(F)F)c1. The van der Waals surface area contributed by atoms with E-state index in [4.69, 9.17) is 4.74 Å². The lowest BCUT2D eigenvalue weighted by Gasteiger charge is -2.18. The lowest BCUT2D eigenvalue weighted by molar-refractivity contribution is -0.0498. The highest BCUT2D eigenvalue weighted by molar-refractivity contribution is 5.38. The molecule has 0 amide bonds. The molecule has 2 aromatic carbocycles. The average Bonchev–Trinajstić information content (AvgIpc) is 2.48. The average molecular weight is 293 g/mol. The molecule has 0 saturated heterocycles. The maximum absolute atomic E-state index is 12.3. The van der Waals surface area contributed by atoms with Gasteiger partial charge < -0.3 is 14.8 Å². The molecule has 0 aliphatic heterocycles. The van der Waals surface area contributed by atoms with Gasteiger partial charge in [-0.25, -0.2) is 0 Å². The first-order valence-electron chi connectivity index (χ1n) is 6.50. The van der Waals surface area contributed by atoms with Gasteiger partial charge in [0.25, 0.3) is 0 Å². The molecule has 112 valence electrons. The number of benzene rings is 2. The van der Waals surface area contributed by atoms with Crippen molar-refractivity contribution in [2.75, 3.05) is 14.2 Å². The molecule has 0 radical (unpaired) electrons. The molecule has 0 bridgehead atoms. The monoisotopic (exact) mass is 293 g/mol. The molecule has 0 heterocycles. The first-order valence-corrected chi connectivity index (χ1v) is 6.50. The van der Waals surface area contributed by atoms with Crippen LogP contribution in [0.5, 0.6) is 11.5 Å². The predicted octanol–water partition coefficient (Wildman–Crippen LogP) is 3.61. The summed E-state index contributed by atoms with van der Waals surface area (Å²) in [4.78, 5) is 0. The van der Waals surface area contributed by atoms with Crippen LogP contribution in [0.25, 0.3) is 0 Å². The fourth-order valence-corrected chi connectivity index (χ4v) is 2.19. The van der Waals surface area contributed by atoms with E-state index in [0.29, 0.717) is 0 Å². The van der Waals surface area contributed by atoms with Gasteiger partial charge in [-0.3, -0.25) is 0 Å². The molecule has 1 unspecified atom stereocenters. The topological polar surface area (TPSA) is 30.5 Å². The minimum Gasteiger partial charge on any atom is -0.497 e. The van der Waals surface area contributed by atoms with Crippen LogP contribution in [0.4, 0.5) is 8.78 Å². The molecule has 1 atom stereocenters. The van der Waals surface area contributed by atoms with Gasteiger partial charge in [0.05, 0.1) is 13.2 Å². The van der Waals surface area contributed by atoms with Crippen molar-refractivity contribution in [3.8, 4) is 11.5 Å². The van der Waals surface area contributed by atoms with E-state index in [1.54, 1.807) is 19.2 Å². The Labute approximate surface area is 122 Å². The maximum Gasteiger partial charge on any atom is 0.387 e. The molecule has 0 fully saturated rings. The summed E-state index contributed by atoms with van der Waals surface area (Å²) in [6.07, 6.45) is 0. The first kappa shape index (κ1) is 15.3. The minimum absolute atomic E-state index is 0.114. The van der Waals surface area contributed by atoms with Gasteiger partial charge in [0.2, 0.25) is 0 Å². The molecule has 21 heavy (non-hydrogen) atoms. The minimum atomic E-state index is -2.82. The standard InChI is InChI=1S/C16H17F2NO2/c1-19-15(11-6-8-13(20-2)9-7-11)12-4-3-5-14(10-12)21-16(17)18/h3-10,15-16,19H,1-2H3. The number of hydrogen-bond donors (Lipinski definition) is 1. The number of methoxy groups -OCH3 is 1. The third kappa shape index (κ3) is 3.92. The lowest BCUT2D eigenvalue weighted by Crippen LogP contribution is -2.17. The lowest BCUT2D eigenvalue weighted by atomic mass is 9.98. The Morgan fingerprint density at radius 2 is 1.67 bits per heavy atom. The van der Waals surface area contributed by atoms with E-state index in [1.807, 2.05) is 37.4 Å². The van der Waals surface area contributed by atoms with E-state index in [2.05, 4.69) is 10.1 Å². The van der Waals surface area contributed by atoms with Crippen LogP contribution >= 0.6 is 0 Å². The van der Waals surface area contributed by atoms with E-state index in [-0.39, 0.29) is 11.8 Å². The van der Waals surface area contributed by atoms with Gasteiger partial charge in [-0.15, -0.1) is 0 Å². The number of hydrogen-bond acceptors (Lipinski definition) is 3. The zero-order chi connectivity index (χ0) is 15.2. The Balaban J connectivity index is 2.27. The van der Waals surface area contributed by atoms with Gasteiger partial charge in [0, 0.05) is 0 Å². The predicted molar refractivity (Wildman–Crippen MR) is 77.0 cm³/mol. The summed E-state index contributed by atoms with van der Waals surface area (Å²) in [6.45, 7) is -2.82. The Morgan fingerprint density at radius 1 is 0.952 bits per heavy atom. The zero-order valence-electron chi connectivity index (χ0n) is 11.8. The highest BCUT2D eigenvalue weighted by atomic mass is 19.3. The van der Waals surface area contributed by atoms with Crippen molar-refractivity contribution in [3.63, 3.8) is 0 Å². The number of halogens is 2. The first-order chi connectivity index (χ1) is 10.1. The van der Waals surface area contributed by atoms with Crippen LogP contribution in [0.15, 0.2) is 48.5 Å². The molecule has 0 aliphatic rings. The van der Waals surface area contributed by atoms with E-state index in [0.717, 1.165) is 16.9 Å². The maximum atomic E-state index is 12.3. The van der Waals surface area contributed by atoms with E-state index >= 15 is 0 Å². The van der Waals surface area contributed by atoms with Gasteiger partial charge >= 0.3 is 6.61 Å². The number of ether oxygens (including phenoxy) is 2. The van der Waals surface area contributed by atoms with E-state index in [9.17, 15) is 8.78 Å². The van der Waals surface area contributed by atoms with Crippen LogP contribution in [0.2, 0.25) is 0 Å². The Hall–Kier alpha value is -2.14. The van der Waals surface area contributed by atoms with E-state index in [1.165, 1.54) is 6.07 Å². The number of rotatable bonds is 6. The molecule has 1 N–H and O–H groups in total. The van der Waals surface area contributed by atoms with Crippen molar-refractivity contribution in [1.82, 2.24) is 5.32 Å². The van der Waals surface area contributed by atoms with Crippen molar-refractivity contribution in [3.05, 3.63) is 59.7 Å². The van der Waals surface area contributed by atoms with Gasteiger partial charge in [-0.2, -0.15) is 8.78 Å². The Morgan fingerprint density at radius 3 is 2.24 bits per heavy atom. The van der Waals surface area contributed by atoms with Crippen LogP contribution in [0.1, 0.15) is 17.2 Å². The summed E-state index contributed by atoms with van der Waals surface area (Å²) in [6, 6.07) is 14.1. The molecule has 2 rings (SSSR count). The smallest absolute Gasteiger partial charge is 0.387 e. The second-order valence-corrected chi connectivity index (χ2v) is 4.45. The Bertz CT molecular complexity index is 573. The molecule has 0 aliphatic carbocycles. The third-order valence-electron chi connectivity index (χ3n) is 3.15. The zero-order valence-corrected chi connectivity index (χ0v) is 11.8. The van der Waals surface area contributed by atoms with Crippen molar-refractivity contribution >= 4 is 0 Å². The summed E-state index contributed by atoms with van der Waals surface area (Å²) in [5, 5.41) is 3.17. The summed E-state index contributed by atoms with van der Waals surface area (Å²) in [5.74, 6) is 0.916. The van der Waals surface area contributed by atoms with Crippen LogP contribution in [0, 0.1) is 0 Å². The van der Waals surface area contributed by atoms with Crippen molar-refractivity contribution in [2.45, 2.75) is 12.7 Å². The van der Waals surface area contributed by atoms with Crippen LogP contribution in [0.3, 0.4) is 0 Å². The van der Waals surface area contributed by atoms with Crippen LogP contribution in [-0.4, -0.2) is 20.8 Å². The normalized spacial score (nSPS) is 12.2. The molecule has 3 nitrogen and oxygen atoms in total. The number of alkyl halides is 2.